The van der Waals surface area contributed by atoms with Gasteiger partial charge in [0.15, 0.2) is 19.0 Å². The quantitative estimate of drug-likeness (QED) is 0.0248. The lowest BCUT2D eigenvalue weighted by molar-refractivity contribution is -0.326. The molecule has 20 nitrogen and oxygen atoms in total. The van der Waals surface area contributed by atoms with Gasteiger partial charge in [-0.2, -0.15) is 0 Å². The summed E-state index contributed by atoms with van der Waals surface area (Å²) in [4.78, 5) is 56.3. The van der Waals surface area contributed by atoms with Crippen molar-refractivity contribution in [2.75, 3.05) is 46.0 Å². The number of ether oxygens (including phenoxy) is 3. The van der Waals surface area contributed by atoms with Crippen LogP contribution in [0.25, 0.3) is 10.9 Å². The van der Waals surface area contributed by atoms with E-state index in [0.717, 1.165) is 55.0 Å². The van der Waals surface area contributed by atoms with E-state index in [1.165, 1.54) is 43.4 Å². The van der Waals surface area contributed by atoms with Crippen molar-refractivity contribution >= 4 is 34.6 Å². The number of amides is 3. The fourth-order valence-corrected chi connectivity index (χ4v) is 7.70. The Morgan fingerprint density at radius 3 is 2.13 bits per heavy atom. The summed E-state index contributed by atoms with van der Waals surface area (Å²) in [6.07, 6.45) is 3.46. The molecule has 0 radical (unpaired) electrons. The van der Waals surface area contributed by atoms with E-state index in [4.69, 9.17) is 19.9 Å². The normalized spacial score (nSPS) is 20.8. The third kappa shape index (κ3) is 19.8. The number of allylic oxidation sites excluding steroid dienone is 2. The number of aliphatic hydroxyl groups excluding tert-OH is 8. The second-order valence-corrected chi connectivity index (χ2v) is 17.1. The summed E-state index contributed by atoms with van der Waals surface area (Å²) >= 11 is 0. The third-order valence-electron chi connectivity index (χ3n) is 11.8. The molecule has 1 saturated heterocycles. The lowest BCUT2D eigenvalue weighted by Gasteiger charge is -2.42. The van der Waals surface area contributed by atoms with Crippen molar-refractivity contribution in [3.05, 3.63) is 48.2 Å². The molecular formula is C47H77N5O15. The van der Waals surface area contributed by atoms with Gasteiger partial charge in [0, 0.05) is 56.1 Å². The molecule has 6 unspecified atom stereocenters. The molecule has 3 rings (SSSR count). The monoisotopic (exact) mass is 952 g/mol. The van der Waals surface area contributed by atoms with Gasteiger partial charge in [-0.05, 0) is 43.7 Å². The molecule has 1 aliphatic rings. The van der Waals surface area contributed by atoms with Gasteiger partial charge >= 0.3 is 5.97 Å². The van der Waals surface area contributed by atoms with Crippen LogP contribution in [-0.2, 0) is 39.8 Å². The maximum Gasteiger partial charge on any atom is 0.323 e. The molecule has 2 heterocycles. The molecule has 0 aliphatic carbocycles. The van der Waals surface area contributed by atoms with Crippen LogP contribution in [0.2, 0.25) is 0 Å². The highest BCUT2D eigenvalue weighted by atomic mass is 16.7. The molecule has 20 heteroatoms. The second-order valence-electron chi connectivity index (χ2n) is 17.1. The summed E-state index contributed by atoms with van der Waals surface area (Å²) in [5.74, 6) is -2.83. The van der Waals surface area contributed by atoms with Gasteiger partial charge in [0.05, 0.1) is 13.2 Å². The van der Waals surface area contributed by atoms with E-state index >= 15 is 0 Å². The highest BCUT2D eigenvalue weighted by molar-refractivity contribution is 5.86. The number of aliphatic hydroxyl groups is 8. The Morgan fingerprint density at radius 1 is 0.851 bits per heavy atom. The van der Waals surface area contributed by atoms with Crippen molar-refractivity contribution in [3.8, 4) is 0 Å². The van der Waals surface area contributed by atoms with Crippen molar-refractivity contribution in [1.82, 2.24) is 20.5 Å². The first kappa shape index (κ1) is 57.3. The van der Waals surface area contributed by atoms with Crippen LogP contribution in [0.3, 0.4) is 0 Å². The number of aromatic amines is 1. The fraction of sp³-hybridized carbons (Fsp3) is 0.702. The van der Waals surface area contributed by atoms with Crippen LogP contribution in [0.4, 0.5) is 0 Å². The molecule has 0 saturated carbocycles. The van der Waals surface area contributed by atoms with E-state index in [1.807, 2.05) is 24.3 Å². The number of para-hydroxylation sites is 1. The SMILES string of the molecule is CCCCCCCC/C=C/CCCCCCCC(=O)N(CCNC(=O)COC(=O)[C@H](N)Cc1c[nH]c2ccccc12)CCNC(=O)C(O)C(O)C(O[C@@H]1OC(CO)[C@H](O)[C@H](O)C1O)C(O)CO. The molecule has 1 aromatic carbocycles. The zero-order valence-corrected chi connectivity index (χ0v) is 38.8. The zero-order chi connectivity index (χ0) is 49.1. The summed E-state index contributed by atoms with van der Waals surface area (Å²) < 4.78 is 15.8. The van der Waals surface area contributed by atoms with Crippen LogP contribution in [0.15, 0.2) is 42.6 Å². The van der Waals surface area contributed by atoms with Gasteiger partial charge in [-0.1, -0.05) is 88.6 Å². The Hall–Kier alpha value is -4.06. The van der Waals surface area contributed by atoms with Crippen molar-refractivity contribution in [2.24, 2.45) is 5.73 Å². The number of carbonyl (C=O) groups excluding carboxylic acids is 4. The summed E-state index contributed by atoms with van der Waals surface area (Å²) in [7, 11) is 0. The number of carbonyl (C=O) groups is 4. The van der Waals surface area contributed by atoms with Gasteiger partial charge in [-0.25, -0.2) is 0 Å². The van der Waals surface area contributed by atoms with Crippen LogP contribution in [0.1, 0.15) is 102 Å². The Bertz CT molecular complexity index is 1760. The maximum absolute atomic E-state index is 13.4. The minimum absolute atomic E-state index is 0.00241. The van der Waals surface area contributed by atoms with Gasteiger partial charge in [0.2, 0.25) is 5.91 Å². The Labute approximate surface area is 392 Å². The van der Waals surface area contributed by atoms with Gasteiger partial charge in [-0.15, -0.1) is 0 Å². The number of aromatic nitrogens is 1. The van der Waals surface area contributed by atoms with E-state index in [2.05, 4.69) is 34.7 Å². The van der Waals surface area contributed by atoms with E-state index in [0.29, 0.717) is 6.42 Å². The number of unbranched alkanes of at least 4 members (excludes halogenated alkanes) is 11. The summed E-state index contributed by atoms with van der Waals surface area (Å²) in [5, 5.41) is 87.6. The van der Waals surface area contributed by atoms with Crippen LogP contribution in [0, 0.1) is 0 Å². The highest BCUT2D eigenvalue weighted by Gasteiger charge is 2.47. The Morgan fingerprint density at radius 2 is 1.48 bits per heavy atom. The van der Waals surface area contributed by atoms with Crippen molar-refractivity contribution in [2.45, 2.75) is 164 Å². The number of nitrogens with one attached hydrogen (secondary N) is 3. The van der Waals surface area contributed by atoms with Gasteiger partial charge in [-0.3, -0.25) is 19.2 Å². The number of H-pyrrole nitrogens is 1. The zero-order valence-electron chi connectivity index (χ0n) is 38.8. The summed E-state index contributed by atoms with van der Waals surface area (Å²) in [6, 6.07) is 6.52. The van der Waals surface area contributed by atoms with Crippen LogP contribution < -0.4 is 16.4 Å². The van der Waals surface area contributed by atoms with Gasteiger partial charge in [0.25, 0.3) is 11.8 Å². The molecule has 1 fully saturated rings. The van der Waals surface area contributed by atoms with Crippen LogP contribution in [0.5, 0.6) is 0 Å². The van der Waals surface area contributed by atoms with Crippen molar-refractivity contribution in [3.63, 3.8) is 0 Å². The second kappa shape index (κ2) is 31.9. The van der Waals surface area contributed by atoms with Crippen molar-refractivity contribution in [1.29, 1.82) is 0 Å². The minimum atomic E-state index is -2.30. The topological polar surface area (TPSA) is 327 Å². The Balaban J connectivity index is 1.50. The molecule has 380 valence electrons. The maximum atomic E-state index is 13.4. The van der Waals surface area contributed by atoms with E-state index in [-0.39, 0.29) is 44.9 Å². The van der Waals surface area contributed by atoms with Crippen LogP contribution in [-0.4, -0.2) is 182 Å². The number of nitrogens with zero attached hydrogens (tertiary/aromatic N) is 1. The number of benzene rings is 1. The van der Waals surface area contributed by atoms with Crippen molar-refractivity contribution < 1.29 is 74.2 Å². The number of hydrogen-bond donors (Lipinski definition) is 12. The molecule has 13 N–H and O–H groups in total. The number of hydrogen-bond acceptors (Lipinski definition) is 16. The molecule has 0 spiro atoms. The molecule has 67 heavy (non-hydrogen) atoms. The number of esters is 1. The molecular weight excluding hydrogens is 875 g/mol. The molecule has 3 amide bonds. The largest absolute Gasteiger partial charge is 0.454 e. The van der Waals surface area contributed by atoms with E-state index < -0.39 is 98.8 Å². The molecule has 1 aromatic heterocycles. The smallest absolute Gasteiger partial charge is 0.323 e. The first-order valence-electron chi connectivity index (χ1n) is 23.8. The lowest BCUT2D eigenvalue weighted by Crippen LogP contribution is -2.62. The Kier molecular flexibility index (Phi) is 27.2. The first-order chi connectivity index (χ1) is 32.2. The first-order valence-corrected chi connectivity index (χ1v) is 23.8. The van der Waals surface area contributed by atoms with E-state index in [9.17, 15) is 60.0 Å². The third-order valence-corrected chi connectivity index (χ3v) is 11.8. The highest BCUT2D eigenvalue weighted by Crippen LogP contribution is 2.25. The average Bonchev–Trinajstić information content (AvgIpc) is 3.74. The van der Waals surface area contributed by atoms with Gasteiger partial charge < -0.3 is 81.3 Å². The summed E-state index contributed by atoms with van der Waals surface area (Å²) in [5.41, 5.74) is 7.79. The predicted molar refractivity (Wildman–Crippen MR) is 247 cm³/mol. The minimum Gasteiger partial charge on any atom is -0.454 e. The summed E-state index contributed by atoms with van der Waals surface area (Å²) in [6.45, 7) is -0.605. The number of fused-ring (bicyclic) bond motifs is 1. The predicted octanol–water partition coefficient (Wildman–Crippen LogP) is -0.0605. The van der Waals surface area contributed by atoms with E-state index in [1.54, 1.807) is 6.20 Å². The standard InChI is InChI=1S/C47H77N5O15/c1-2-3-4-5-6-7-8-9-10-11-12-13-14-15-16-21-38(57)52(24-22-49-37(56)30-65-46(64)33(48)26-31-27-51-34-20-18-17-19-32(31)34)25-23-50-45(63)42(61)41(60)44(35(55)28-53)67-47-43(62)40(59)39(58)36(29-54)66-47/h9-10,17-20,27,33,35-36,39-44,47,51,53-55,58-62H,2-8,11-16,21-26,28-30,48H2,1H3,(H,49,56)(H,50,63)/b10-9+/t33-,35?,36?,39+,40+,41?,42?,43?,44?,47+/m1/s1. The number of rotatable bonds is 34. The molecule has 0 bridgehead atoms. The molecule has 10 atom stereocenters. The number of nitrogens with two attached hydrogens (primary N) is 1. The average molecular weight is 952 g/mol. The van der Waals surface area contributed by atoms with Gasteiger partial charge in [0.1, 0.15) is 48.8 Å². The molecule has 1 aliphatic heterocycles. The molecule has 2 aromatic rings. The lowest BCUT2D eigenvalue weighted by atomic mass is 9.98. The fourth-order valence-electron chi connectivity index (χ4n) is 7.70. The van der Waals surface area contributed by atoms with Crippen LogP contribution >= 0.6 is 0 Å².